The monoisotopic (exact) mass is 266 g/mol. The molecule has 1 aliphatic heterocycles. The van der Waals surface area contributed by atoms with Crippen LogP contribution in [0.5, 0.6) is 0 Å². The van der Waals surface area contributed by atoms with Gasteiger partial charge in [0.2, 0.25) is 0 Å². The maximum Gasteiger partial charge on any atom is 0.319 e. The van der Waals surface area contributed by atoms with Gasteiger partial charge in [-0.3, -0.25) is 0 Å². The highest BCUT2D eigenvalue weighted by Crippen LogP contribution is 2.26. The summed E-state index contributed by atoms with van der Waals surface area (Å²) in [5.74, 6) is 1.65. The fourth-order valence-electron chi connectivity index (χ4n) is 1.86. The largest absolute Gasteiger partial charge is 0.387 e. The lowest BCUT2D eigenvalue weighted by atomic mass is 10.0. The van der Waals surface area contributed by atoms with Crippen molar-refractivity contribution in [1.29, 1.82) is 0 Å². The first-order chi connectivity index (χ1) is 8.59. The quantitative estimate of drug-likeness (QED) is 0.784. The van der Waals surface area contributed by atoms with E-state index in [1.807, 2.05) is 31.2 Å². The summed E-state index contributed by atoms with van der Waals surface area (Å²) in [5, 5.41) is 15.6. The Hall–Kier alpha value is -1.20. The summed E-state index contributed by atoms with van der Waals surface area (Å²) in [6, 6.07) is 7.33. The van der Waals surface area contributed by atoms with Crippen molar-refractivity contribution in [2.24, 2.45) is 0 Å². The van der Waals surface area contributed by atoms with Gasteiger partial charge >= 0.3 is 6.03 Å². The van der Waals surface area contributed by atoms with E-state index in [0.717, 1.165) is 23.4 Å². The van der Waals surface area contributed by atoms with Crippen LogP contribution >= 0.6 is 11.8 Å². The van der Waals surface area contributed by atoms with E-state index in [4.69, 9.17) is 0 Å². The van der Waals surface area contributed by atoms with Crippen molar-refractivity contribution in [3.63, 3.8) is 0 Å². The van der Waals surface area contributed by atoms with E-state index in [0.29, 0.717) is 12.3 Å². The van der Waals surface area contributed by atoms with Gasteiger partial charge in [-0.25, -0.2) is 4.79 Å². The van der Waals surface area contributed by atoms with Crippen molar-refractivity contribution in [3.05, 3.63) is 29.8 Å². The second kappa shape index (κ2) is 5.63. The Morgan fingerprint density at radius 1 is 1.50 bits per heavy atom. The molecule has 2 amide bonds. The molecule has 0 aromatic heterocycles. The maximum absolute atomic E-state index is 11.7. The molecule has 5 heteroatoms. The van der Waals surface area contributed by atoms with E-state index in [2.05, 4.69) is 10.6 Å². The van der Waals surface area contributed by atoms with Gasteiger partial charge in [0, 0.05) is 18.0 Å². The maximum atomic E-state index is 11.7. The molecular weight excluding hydrogens is 248 g/mol. The van der Waals surface area contributed by atoms with Crippen LogP contribution < -0.4 is 10.6 Å². The van der Waals surface area contributed by atoms with Crippen LogP contribution in [0.4, 0.5) is 10.5 Å². The summed E-state index contributed by atoms with van der Waals surface area (Å²) < 4.78 is 0. The normalized spacial score (nSPS) is 22.8. The van der Waals surface area contributed by atoms with Crippen molar-refractivity contribution in [2.75, 3.05) is 23.4 Å². The van der Waals surface area contributed by atoms with Crippen LogP contribution in [0.15, 0.2) is 24.3 Å². The van der Waals surface area contributed by atoms with Crippen LogP contribution in [0, 0.1) is 6.92 Å². The van der Waals surface area contributed by atoms with Gasteiger partial charge in [0.15, 0.2) is 0 Å². The van der Waals surface area contributed by atoms with Gasteiger partial charge in [0.05, 0.1) is 5.60 Å². The van der Waals surface area contributed by atoms with Crippen molar-refractivity contribution < 1.29 is 9.90 Å². The van der Waals surface area contributed by atoms with E-state index in [9.17, 15) is 9.90 Å². The number of aryl methyl sites for hydroxylation is 1. The first kappa shape index (κ1) is 13.2. The van der Waals surface area contributed by atoms with Crippen LogP contribution in [0.3, 0.4) is 0 Å². The van der Waals surface area contributed by atoms with Gasteiger partial charge in [-0.05, 0) is 30.7 Å². The number of thioether (sulfide) groups is 1. The summed E-state index contributed by atoms with van der Waals surface area (Å²) in [7, 11) is 0. The second-order valence-electron chi connectivity index (χ2n) is 4.65. The zero-order valence-electron chi connectivity index (χ0n) is 10.4. The minimum Gasteiger partial charge on any atom is -0.387 e. The van der Waals surface area contributed by atoms with Crippen LogP contribution in [-0.4, -0.2) is 34.8 Å². The number of carbonyl (C=O) groups is 1. The molecule has 0 bridgehead atoms. The average Bonchev–Trinajstić information content (AvgIpc) is 2.77. The third-order valence-corrected chi connectivity index (χ3v) is 4.29. The zero-order valence-corrected chi connectivity index (χ0v) is 11.2. The minimum atomic E-state index is -0.742. The highest BCUT2D eigenvalue weighted by atomic mass is 32.2. The van der Waals surface area contributed by atoms with E-state index in [-0.39, 0.29) is 6.03 Å². The average molecular weight is 266 g/mol. The number of hydrogen-bond acceptors (Lipinski definition) is 3. The fourth-order valence-corrected chi connectivity index (χ4v) is 3.16. The standard InChI is InChI=1S/C13H18N2O2S/c1-10-4-2-3-5-11(10)15-12(16)14-8-13(17)6-7-18-9-13/h2-5,17H,6-9H2,1H3,(H2,14,15,16). The predicted octanol–water partition coefficient (Wildman–Crippen LogP) is 1.98. The minimum absolute atomic E-state index is 0.269. The molecule has 1 aromatic carbocycles. The van der Waals surface area contributed by atoms with E-state index < -0.39 is 5.60 Å². The topological polar surface area (TPSA) is 61.4 Å². The summed E-state index contributed by atoms with van der Waals surface area (Å²) in [6.45, 7) is 2.24. The molecular formula is C13H18N2O2S. The SMILES string of the molecule is Cc1ccccc1NC(=O)NCC1(O)CCSC1. The van der Waals surface area contributed by atoms with Crippen LogP contribution in [0.1, 0.15) is 12.0 Å². The molecule has 0 aliphatic carbocycles. The molecule has 0 radical (unpaired) electrons. The number of hydrogen-bond donors (Lipinski definition) is 3. The summed E-state index contributed by atoms with van der Waals surface area (Å²) >= 11 is 1.72. The third-order valence-electron chi connectivity index (χ3n) is 3.05. The Morgan fingerprint density at radius 2 is 2.28 bits per heavy atom. The molecule has 2 rings (SSSR count). The Balaban J connectivity index is 1.84. The van der Waals surface area contributed by atoms with Crippen LogP contribution in [-0.2, 0) is 0 Å². The van der Waals surface area contributed by atoms with E-state index in [1.165, 1.54) is 0 Å². The lowest BCUT2D eigenvalue weighted by molar-refractivity contribution is 0.0706. The zero-order chi connectivity index (χ0) is 13.0. The second-order valence-corrected chi connectivity index (χ2v) is 5.75. The fraction of sp³-hybridized carbons (Fsp3) is 0.462. The first-order valence-electron chi connectivity index (χ1n) is 6.00. The number of benzene rings is 1. The highest BCUT2D eigenvalue weighted by Gasteiger charge is 2.31. The molecule has 1 fully saturated rings. The van der Waals surface area contributed by atoms with Crippen LogP contribution in [0.25, 0.3) is 0 Å². The summed E-state index contributed by atoms with van der Waals surface area (Å²) in [6.07, 6.45) is 0.738. The molecule has 1 aromatic rings. The number of urea groups is 1. The van der Waals surface area contributed by atoms with Gasteiger partial charge in [-0.2, -0.15) is 11.8 Å². The molecule has 0 saturated carbocycles. The number of nitrogens with one attached hydrogen (secondary N) is 2. The number of anilines is 1. The molecule has 3 N–H and O–H groups in total. The molecule has 1 saturated heterocycles. The van der Waals surface area contributed by atoms with E-state index in [1.54, 1.807) is 11.8 Å². The number of aliphatic hydroxyl groups is 1. The molecule has 0 spiro atoms. The molecule has 98 valence electrons. The van der Waals surface area contributed by atoms with Gasteiger partial charge < -0.3 is 15.7 Å². The molecule has 1 aliphatic rings. The summed E-state index contributed by atoms with van der Waals surface area (Å²) in [4.78, 5) is 11.7. The third kappa shape index (κ3) is 3.40. The predicted molar refractivity (Wildman–Crippen MR) is 75.1 cm³/mol. The van der Waals surface area contributed by atoms with Crippen molar-refractivity contribution in [2.45, 2.75) is 18.9 Å². The van der Waals surface area contributed by atoms with Crippen molar-refractivity contribution >= 4 is 23.5 Å². The van der Waals surface area contributed by atoms with Crippen LogP contribution in [0.2, 0.25) is 0 Å². The van der Waals surface area contributed by atoms with Gasteiger partial charge in [0.1, 0.15) is 0 Å². The lowest BCUT2D eigenvalue weighted by Gasteiger charge is -2.21. The number of rotatable bonds is 3. The Bertz CT molecular complexity index is 431. The Labute approximate surface area is 111 Å². The van der Waals surface area contributed by atoms with Gasteiger partial charge in [-0.1, -0.05) is 18.2 Å². The number of carbonyl (C=O) groups excluding carboxylic acids is 1. The van der Waals surface area contributed by atoms with Crippen molar-refractivity contribution in [1.82, 2.24) is 5.32 Å². The first-order valence-corrected chi connectivity index (χ1v) is 7.15. The molecule has 1 heterocycles. The Morgan fingerprint density at radius 3 is 2.94 bits per heavy atom. The molecule has 18 heavy (non-hydrogen) atoms. The number of para-hydroxylation sites is 1. The molecule has 1 unspecified atom stereocenters. The van der Waals surface area contributed by atoms with Gasteiger partial charge in [0.25, 0.3) is 0 Å². The molecule has 4 nitrogen and oxygen atoms in total. The smallest absolute Gasteiger partial charge is 0.319 e. The summed E-state index contributed by atoms with van der Waals surface area (Å²) in [5.41, 5.74) is 1.07. The molecule has 1 atom stereocenters. The van der Waals surface area contributed by atoms with Gasteiger partial charge in [-0.15, -0.1) is 0 Å². The van der Waals surface area contributed by atoms with E-state index >= 15 is 0 Å². The highest BCUT2D eigenvalue weighted by molar-refractivity contribution is 7.99. The number of amides is 2. The lowest BCUT2D eigenvalue weighted by Crippen LogP contribution is -2.44. The Kier molecular flexibility index (Phi) is 4.14. The van der Waals surface area contributed by atoms with Crippen molar-refractivity contribution in [3.8, 4) is 0 Å².